The smallest absolute Gasteiger partial charge is 0.169 e. The Morgan fingerprint density at radius 2 is 2.06 bits per heavy atom. The third-order valence-corrected chi connectivity index (χ3v) is 3.22. The van der Waals surface area contributed by atoms with Crippen molar-refractivity contribution in [3.05, 3.63) is 34.9 Å². The maximum atomic E-state index is 13.5. The van der Waals surface area contributed by atoms with Crippen LogP contribution in [0.2, 0.25) is 0 Å². The van der Waals surface area contributed by atoms with Crippen LogP contribution in [0.4, 0.5) is 8.78 Å². The molecule has 1 aliphatic rings. The van der Waals surface area contributed by atoms with E-state index in [9.17, 15) is 13.6 Å². The Labute approximate surface area is 98.8 Å². The van der Waals surface area contributed by atoms with Crippen molar-refractivity contribution in [2.24, 2.45) is 11.7 Å². The molecule has 1 saturated carbocycles. The van der Waals surface area contributed by atoms with Crippen LogP contribution < -0.4 is 5.73 Å². The van der Waals surface area contributed by atoms with Gasteiger partial charge in [-0.15, -0.1) is 0 Å². The van der Waals surface area contributed by atoms with Gasteiger partial charge in [0, 0.05) is 12.5 Å². The average molecular weight is 239 g/mol. The number of benzene rings is 1. The van der Waals surface area contributed by atoms with Gasteiger partial charge in [-0.2, -0.15) is 0 Å². The van der Waals surface area contributed by atoms with E-state index in [0.29, 0.717) is 5.92 Å². The second-order valence-electron chi connectivity index (χ2n) is 4.69. The maximum Gasteiger partial charge on any atom is 0.169 e. The van der Waals surface area contributed by atoms with E-state index in [1.807, 2.05) is 0 Å². The van der Waals surface area contributed by atoms with Crippen LogP contribution in [0.25, 0.3) is 0 Å². The number of carbonyl (C=O) groups excluding carboxylic acids is 1. The minimum Gasteiger partial charge on any atom is -0.327 e. The maximum absolute atomic E-state index is 13.5. The summed E-state index contributed by atoms with van der Waals surface area (Å²) in [4.78, 5) is 11.8. The van der Waals surface area contributed by atoms with Gasteiger partial charge in [0.15, 0.2) is 17.4 Å². The van der Waals surface area contributed by atoms with Gasteiger partial charge in [-0.3, -0.25) is 4.79 Å². The fourth-order valence-electron chi connectivity index (χ4n) is 1.88. The topological polar surface area (TPSA) is 43.1 Å². The lowest BCUT2D eigenvalue weighted by Gasteiger charge is -2.10. The molecule has 1 aliphatic carbocycles. The number of carbonyl (C=O) groups is 1. The van der Waals surface area contributed by atoms with Crippen LogP contribution in [-0.4, -0.2) is 11.8 Å². The molecule has 4 heteroatoms. The zero-order chi connectivity index (χ0) is 12.6. The van der Waals surface area contributed by atoms with Crippen LogP contribution in [0.15, 0.2) is 12.1 Å². The van der Waals surface area contributed by atoms with E-state index < -0.39 is 17.4 Å². The quantitative estimate of drug-likeness (QED) is 0.821. The van der Waals surface area contributed by atoms with Crippen LogP contribution in [0.5, 0.6) is 0 Å². The second-order valence-corrected chi connectivity index (χ2v) is 4.69. The Morgan fingerprint density at radius 1 is 1.41 bits per heavy atom. The lowest BCUT2D eigenvalue weighted by atomic mass is 10.00. The Bertz CT molecular complexity index is 455. The Balaban J connectivity index is 2.16. The van der Waals surface area contributed by atoms with E-state index in [0.717, 1.165) is 12.8 Å². The molecule has 2 nitrogen and oxygen atoms in total. The monoisotopic (exact) mass is 239 g/mol. The number of hydrogen-bond donors (Lipinski definition) is 1. The van der Waals surface area contributed by atoms with Gasteiger partial charge < -0.3 is 5.73 Å². The number of nitrogens with two attached hydrogens (primary N) is 1. The highest BCUT2D eigenvalue weighted by atomic mass is 19.2. The number of halogens is 2. The highest BCUT2D eigenvalue weighted by Crippen LogP contribution is 2.33. The summed E-state index contributed by atoms with van der Waals surface area (Å²) in [6.07, 6.45) is 2.14. The first-order valence-electron chi connectivity index (χ1n) is 5.74. The Hall–Kier alpha value is -1.29. The lowest BCUT2D eigenvalue weighted by Crippen LogP contribution is -2.26. The molecule has 0 bridgehead atoms. The molecule has 1 aromatic carbocycles. The summed E-state index contributed by atoms with van der Waals surface area (Å²) < 4.78 is 26.8. The summed E-state index contributed by atoms with van der Waals surface area (Å²) in [6.45, 7) is 1.46. The van der Waals surface area contributed by atoms with E-state index in [1.165, 1.54) is 19.1 Å². The molecular weight excluding hydrogens is 224 g/mol. The van der Waals surface area contributed by atoms with Crippen LogP contribution in [-0.2, 0) is 0 Å². The third kappa shape index (κ3) is 2.52. The molecular formula is C13H15F2NO. The van der Waals surface area contributed by atoms with Crippen molar-refractivity contribution < 1.29 is 13.6 Å². The summed E-state index contributed by atoms with van der Waals surface area (Å²) in [6, 6.07) is 2.51. The van der Waals surface area contributed by atoms with Gasteiger partial charge in [0.25, 0.3) is 0 Å². The molecule has 0 heterocycles. The molecule has 92 valence electrons. The predicted octanol–water partition coefficient (Wildman–Crippen LogP) is 2.58. The van der Waals surface area contributed by atoms with E-state index in [2.05, 4.69) is 0 Å². The van der Waals surface area contributed by atoms with Crippen molar-refractivity contribution in [2.75, 3.05) is 0 Å². The summed E-state index contributed by atoms with van der Waals surface area (Å²) in [5, 5.41) is 0. The van der Waals surface area contributed by atoms with E-state index >= 15 is 0 Å². The normalized spacial score (nSPS) is 16.9. The number of aryl methyl sites for hydroxylation is 1. The number of hydrogen-bond acceptors (Lipinski definition) is 2. The van der Waals surface area contributed by atoms with Gasteiger partial charge in [0.2, 0.25) is 0 Å². The fourth-order valence-corrected chi connectivity index (χ4v) is 1.88. The SMILES string of the molecule is Cc1ccc(C(=O)CC(N)C2CC2)c(F)c1F. The van der Waals surface area contributed by atoms with Crippen LogP contribution in [0, 0.1) is 24.5 Å². The second kappa shape index (κ2) is 4.53. The molecule has 1 aromatic rings. The minimum atomic E-state index is -1.06. The van der Waals surface area contributed by atoms with Crippen LogP contribution in [0.3, 0.4) is 0 Å². The van der Waals surface area contributed by atoms with Gasteiger partial charge in [0.1, 0.15) is 0 Å². The molecule has 2 rings (SSSR count). The molecule has 0 spiro atoms. The van der Waals surface area contributed by atoms with Crippen molar-refractivity contribution in [2.45, 2.75) is 32.2 Å². The van der Waals surface area contributed by atoms with Gasteiger partial charge >= 0.3 is 0 Å². The molecule has 0 aliphatic heterocycles. The van der Waals surface area contributed by atoms with Gasteiger partial charge in [-0.1, -0.05) is 6.07 Å². The van der Waals surface area contributed by atoms with Crippen molar-refractivity contribution in [3.63, 3.8) is 0 Å². The zero-order valence-corrected chi connectivity index (χ0v) is 9.67. The van der Waals surface area contributed by atoms with E-state index in [4.69, 9.17) is 5.73 Å². The summed E-state index contributed by atoms with van der Waals surface area (Å²) in [7, 11) is 0. The number of rotatable bonds is 4. The van der Waals surface area contributed by atoms with Gasteiger partial charge in [-0.05, 0) is 37.3 Å². The number of ketones is 1. The average Bonchev–Trinajstić information content (AvgIpc) is 3.09. The first-order chi connectivity index (χ1) is 8.00. The first kappa shape index (κ1) is 12.2. The van der Waals surface area contributed by atoms with E-state index in [1.54, 1.807) is 0 Å². The van der Waals surface area contributed by atoms with Crippen LogP contribution >= 0.6 is 0 Å². The molecule has 2 N–H and O–H groups in total. The Kier molecular flexibility index (Phi) is 3.24. The summed E-state index contributed by atoms with van der Waals surface area (Å²) >= 11 is 0. The molecule has 1 fully saturated rings. The lowest BCUT2D eigenvalue weighted by molar-refractivity contribution is 0.0966. The van der Waals surface area contributed by atoms with Crippen molar-refractivity contribution >= 4 is 5.78 Å². The zero-order valence-electron chi connectivity index (χ0n) is 9.67. The molecule has 1 unspecified atom stereocenters. The fraction of sp³-hybridized carbons (Fsp3) is 0.462. The molecule has 1 atom stereocenters. The molecule has 0 radical (unpaired) electrons. The van der Waals surface area contributed by atoms with Crippen molar-refractivity contribution in [3.8, 4) is 0 Å². The van der Waals surface area contributed by atoms with Gasteiger partial charge in [-0.25, -0.2) is 8.78 Å². The third-order valence-electron chi connectivity index (χ3n) is 3.22. The molecule has 0 amide bonds. The van der Waals surface area contributed by atoms with Crippen molar-refractivity contribution in [1.82, 2.24) is 0 Å². The number of Topliss-reactive ketones (excluding diaryl/α,β-unsaturated/α-hetero) is 1. The first-order valence-corrected chi connectivity index (χ1v) is 5.74. The molecule has 17 heavy (non-hydrogen) atoms. The summed E-state index contributed by atoms with van der Waals surface area (Å²) in [5.41, 5.74) is 5.81. The van der Waals surface area contributed by atoms with Gasteiger partial charge in [0.05, 0.1) is 5.56 Å². The van der Waals surface area contributed by atoms with E-state index in [-0.39, 0.29) is 23.6 Å². The summed E-state index contributed by atoms with van der Waals surface area (Å²) in [5.74, 6) is -2.05. The molecule has 0 aromatic heterocycles. The van der Waals surface area contributed by atoms with Crippen molar-refractivity contribution in [1.29, 1.82) is 0 Å². The standard InChI is InChI=1S/C13H15F2NO/c1-7-2-5-9(13(15)12(7)14)11(17)6-10(16)8-3-4-8/h2,5,8,10H,3-4,6,16H2,1H3. The Morgan fingerprint density at radius 3 is 2.65 bits per heavy atom. The highest BCUT2D eigenvalue weighted by Gasteiger charge is 2.30. The minimum absolute atomic E-state index is 0.0874. The predicted molar refractivity (Wildman–Crippen MR) is 60.7 cm³/mol. The highest BCUT2D eigenvalue weighted by molar-refractivity contribution is 5.96. The van der Waals surface area contributed by atoms with Crippen LogP contribution in [0.1, 0.15) is 35.2 Å². The largest absolute Gasteiger partial charge is 0.327 e. The molecule has 0 saturated heterocycles.